The van der Waals surface area contributed by atoms with E-state index in [4.69, 9.17) is 0 Å². The highest BCUT2D eigenvalue weighted by atomic mass is 79.9. The fourth-order valence-electron chi connectivity index (χ4n) is 2.61. The minimum absolute atomic E-state index is 0.127. The van der Waals surface area contributed by atoms with Crippen molar-refractivity contribution in [2.75, 3.05) is 20.1 Å². The zero-order valence-corrected chi connectivity index (χ0v) is 13.1. The van der Waals surface area contributed by atoms with E-state index in [0.717, 1.165) is 31.6 Å². The van der Waals surface area contributed by atoms with Crippen molar-refractivity contribution in [2.24, 2.45) is 0 Å². The fraction of sp³-hybridized carbons (Fsp3) is 0.692. The van der Waals surface area contributed by atoms with Gasteiger partial charge in [-0.3, -0.25) is 4.68 Å². The van der Waals surface area contributed by atoms with Crippen molar-refractivity contribution in [2.45, 2.75) is 38.6 Å². The molecule has 0 unspecified atom stereocenters. The zero-order valence-electron chi connectivity index (χ0n) is 11.6. The van der Waals surface area contributed by atoms with E-state index in [0.29, 0.717) is 10.4 Å². The molecule has 0 radical (unpaired) electrons. The summed E-state index contributed by atoms with van der Waals surface area (Å²) in [6.45, 7) is 6.15. The lowest BCUT2D eigenvalue weighted by atomic mass is 9.93. The molecule has 0 bridgehead atoms. The molecule has 0 saturated carbocycles. The Morgan fingerprint density at radius 2 is 2.00 bits per heavy atom. The molecule has 1 aliphatic heterocycles. The minimum Gasteiger partial charge on any atom is -0.476 e. The molecule has 19 heavy (non-hydrogen) atoms. The number of carboxylic acids is 1. The monoisotopic (exact) mass is 329 g/mol. The van der Waals surface area contributed by atoms with E-state index >= 15 is 0 Å². The number of rotatable bonds is 3. The summed E-state index contributed by atoms with van der Waals surface area (Å²) < 4.78 is 2.52. The maximum atomic E-state index is 11.2. The van der Waals surface area contributed by atoms with Crippen molar-refractivity contribution in [1.82, 2.24) is 14.7 Å². The number of carbonyl (C=O) groups is 1. The molecule has 1 N–H and O–H groups in total. The Labute approximate surface area is 121 Å². The van der Waals surface area contributed by atoms with E-state index in [1.165, 1.54) is 0 Å². The van der Waals surface area contributed by atoms with Crippen LogP contribution in [0.25, 0.3) is 0 Å². The highest BCUT2D eigenvalue weighted by Gasteiger charge is 2.29. The highest BCUT2D eigenvalue weighted by Crippen LogP contribution is 2.36. The van der Waals surface area contributed by atoms with E-state index < -0.39 is 5.97 Å². The summed E-state index contributed by atoms with van der Waals surface area (Å²) in [6, 6.07) is 0.166. The summed E-state index contributed by atoms with van der Waals surface area (Å²) in [5, 5.41) is 13.5. The Morgan fingerprint density at radius 1 is 1.42 bits per heavy atom. The van der Waals surface area contributed by atoms with Crippen LogP contribution in [0.5, 0.6) is 0 Å². The van der Waals surface area contributed by atoms with Crippen LogP contribution in [-0.2, 0) is 0 Å². The third-order valence-corrected chi connectivity index (χ3v) is 4.47. The summed E-state index contributed by atoms with van der Waals surface area (Å²) in [7, 11) is 2.12. The quantitative estimate of drug-likeness (QED) is 0.926. The van der Waals surface area contributed by atoms with E-state index in [9.17, 15) is 9.90 Å². The smallest absolute Gasteiger partial charge is 0.357 e. The van der Waals surface area contributed by atoms with Crippen LogP contribution in [0.3, 0.4) is 0 Å². The molecule has 1 fully saturated rings. The third kappa shape index (κ3) is 2.84. The largest absolute Gasteiger partial charge is 0.476 e. The molecular formula is C13H20BrN3O2. The van der Waals surface area contributed by atoms with E-state index in [1.807, 2.05) is 18.5 Å². The first-order valence-electron chi connectivity index (χ1n) is 6.61. The fourth-order valence-corrected chi connectivity index (χ4v) is 3.36. The molecule has 0 spiro atoms. The second kappa shape index (κ2) is 5.63. The van der Waals surface area contributed by atoms with Gasteiger partial charge in [-0.25, -0.2) is 4.79 Å². The Kier molecular flexibility index (Phi) is 4.30. The van der Waals surface area contributed by atoms with Gasteiger partial charge in [0.15, 0.2) is 5.69 Å². The Bertz CT molecular complexity index is 476. The van der Waals surface area contributed by atoms with Crippen LogP contribution < -0.4 is 0 Å². The number of halogens is 1. The number of carboxylic acid groups (broad SMARTS) is 1. The zero-order chi connectivity index (χ0) is 14.2. The lowest BCUT2D eigenvalue weighted by Gasteiger charge is -2.30. The second-order valence-electron chi connectivity index (χ2n) is 5.47. The summed E-state index contributed by atoms with van der Waals surface area (Å²) >= 11 is 3.44. The molecule has 2 rings (SSSR count). The maximum Gasteiger partial charge on any atom is 0.357 e. The van der Waals surface area contributed by atoms with Gasteiger partial charge < -0.3 is 10.0 Å². The molecule has 1 aliphatic rings. The van der Waals surface area contributed by atoms with Crippen LogP contribution in [0.1, 0.15) is 54.8 Å². The Balaban J connectivity index is 2.40. The van der Waals surface area contributed by atoms with Gasteiger partial charge in [-0.15, -0.1) is 0 Å². The van der Waals surface area contributed by atoms with Crippen molar-refractivity contribution in [1.29, 1.82) is 0 Å². The van der Waals surface area contributed by atoms with E-state index in [-0.39, 0.29) is 11.7 Å². The van der Waals surface area contributed by atoms with Gasteiger partial charge in [0.25, 0.3) is 0 Å². The summed E-state index contributed by atoms with van der Waals surface area (Å²) in [5.74, 6) is -0.589. The molecule has 5 nitrogen and oxygen atoms in total. The second-order valence-corrected chi connectivity index (χ2v) is 6.26. The van der Waals surface area contributed by atoms with Gasteiger partial charge >= 0.3 is 5.97 Å². The molecule has 106 valence electrons. The van der Waals surface area contributed by atoms with Gasteiger partial charge in [-0.2, -0.15) is 5.10 Å². The van der Waals surface area contributed by atoms with Gasteiger partial charge in [-0.1, -0.05) is 0 Å². The predicted octanol–water partition coefficient (Wildman–Crippen LogP) is 2.73. The molecule has 0 aromatic carbocycles. The summed E-state index contributed by atoms with van der Waals surface area (Å²) in [4.78, 5) is 13.5. The molecule has 0 atom stereocenters. The van der Waals surface area contributed by atoms with Gasteiger partial charge in [0, 0.05) is 12.0 Å². The van der Waals surface area contributed by atoms with Crippen molar-refractivity contribution < 1.29 is 9.90 Å². The topological polar surface area (TPSA) is 58.4 Å². The summed E-state index contributed by atoms with van der Waals surface area (Å²) in [5.41, 5.74) is 1.17. The molecule has 1 saturated heterocycles. The average molecular weight is 330 g/mol. The Hall–Kier alpha value is -0.880. The SMILES string of the molecule is CC(C)n1nc(C(=O)O)c(Br)c1C1CCN(C)CC1. The lowest BCUT2D eigenvalue weighted by Crippen LogP contribution is -2.30. The van der Waals surface area contributed by atoms with Gasteiger partial charge in [0.1, 0.15) is 0 Å². The standard InChI is InChI=1S/C13H20BrN3O2/c1-8(2)17-12(9-4-6-16(3)7-5-9)10(14)11(15-17)13(18)19/h8-9H,4-7H2,1-3H3,(H,18,19). The molecule has 6 heteroatoms. The lowest BCUT2D eigenvalue weighted by molar-refractivity contribution is 0.0688. The van der Waals surface area contributed by atoms with E-state index in [1.54, 1.807) is 0 Å². The number of piperidine rings is 1. The molecule has 0 aliphatic carbocycles. The van der Waals surface area contributed by atoms with Crippen molar-refractivity contribution in [3.05, 3.63) is 15.9 Å². The summed E-state index contributed by atoms with van der Waals surface area (Å²) in [6.07, 6.45) is 2.10. The normalized spacial score (nSPS) is 18.2. The first kappa shape index (κ1) is 14.5. The number of hydrogen-bond acceptors (Lipinski definition) is 3. The number of aromatic nitrogens is 2. The van der Waals surface area contributed by atoms with Gasteiger partial charge in [0.05, 0.1) is 10.2 Å². The first-order valence-corrected chi connectivity index (χ1v) is 7.40. The van der Waals surface area contributed by atoms with Crippen molar-refractivity contribution in [3.63, 3.8) is 0 Å². The molecule has 0 amide bonds. The highest BCUT2D eigenvalue weighted by molar-refractivity contribution is 9.10. The number of nitrogens with zero attached hydrogens (tertiary/aromatic N) is 3. The maximum absolute atomic E-state index is 11.2. The van der Waals surface area contributed by atoms with Crippen LogP contribution in [0.15, 0.2) is 4.47 Å². The third-order valence-electron chi connectivity index (χ3n) is 3.68. The molecule has 1 aromatic heterocycles. The molecular weight excluding hydrogens is 310 g/mol. The number of aromatic carboxylic acids is 1. The van der Waals surface area contributed by atoms with Crippen LogP contribution in [0.4, 0.5) is 0 Å². The van der Waals surface area contributed by atoms with Gasteiger partial charge in [-0.05, 0) is 62.8 Å². The molecule has 2 heterocycles. The number of likely N-dealkylation sites (tertiary alicyclic amines) is 1. The van der Waals surface area contributed by atoms with Gasteiger partial charge in [0.2, 0.25) is 0 Å². The van der Waals surface area contributed by atoms with Crippen molar-refractivity contribution >= 4 is 21.9 Å². The van der Waals surface area contributed by atoms with Crippen LogP contribution in [0, 0.1) is 0 Å². The van der Waals surface area contributed by atoms with Crippen LogP contribution in [0.2, 0.25) is 0 Å². The first-order chi connectivity index (χ1) is 8.91. The molecule has 1 aromatic rings. The van der Waals surface area contributed by atoms with Crippen molar-refractivity contribution in [3.8, 4) is 0 Å². The number of hydrogen-bond donors (Lipinski definition) is 1. The average Bonchev–Trinajstić information content (AvgIpc) is 2.68. The van der Waals surface area contributed by atoms with E-state index in [2.05, 4.69) is 33.0 Å². The van der Waals surface area contributed by atoms with Crippen LogP contribution in [-0.4, -0.2) is 45.9 Å². The minimum atomic E-state index is -0.972. The Morgan fingerprint density at radius 3 is 2.47 bits per heavy atom. The predicted molar refractivity (Wildman–Crippen MR) is 76.7 cm³/mol. The van der Waals surface area contributed by atoms with Crippen LogP contribution >= 0.6 is 15.9 Å².